The third-order valence-corrected chi connectivity index (χ3v) is 7.93. The lowest BCUT2D eigenvalue weighted by Crippen LogP contribution is -2.86. The third kappa shape index (κ3) is 6.59. The van der Waals surface area contributed by atoms with Gasteiger partial charge in [0, 0.05) is 38.1 Å². The minimum Gasteiger partial charge on any atom is -0.456 e. The van der Waals surface area contributed by atoms with Crippen LogP contribution in [0.1, 0.15) is 26.7 Å². The van der Waals surface area contributed by atoms with Crippen molar-refractivity contribution in [3.8, 4) is 5.75 Å². The zero-order chi connectivity index (χ0) is 19.3. The van der Waals surface area contributed by atoms with Crippen LogP contribution in [-0.2, 0) is 14.3 Å². The van der Waals surface area contributed by atoms with Crippen molar-refractivity contribution >= 4 is 79.7 Å². The van der Waals surface area contributed by atoms with Crippen molar-refractivity contribution in [1.82, 2.24) is 0 Å². The minimum absolute atomic E-state index is 0.340. The maximum absolute atomic E-state index is 12.1. The van der Waals surface area contributed by atoms with Crippen molar-refractivity contribution in [2.75, 3.05) is 13.1 Å². The molecule has 26 heavy (non-hydrogen) atoms. The van der Waals surface area contributed by atoms with Crippen LogP contribution in [-0.4, -0.2) is 30.6 Å². The van der Waals surface area contributed by atoms with E-state index in [0.29, 0.717) is 11.7 Å². The van der Waals surface area contributed by atoms with Crippen LogP contribution in [0.4, 0.5) is 0 Å². The number of ether oxygens (including phenoxy) is 2. The first-order valence-corrected chi connectivity index (χ1v) is 11.5. The molecule has 0 spiro atoms. The fraction of sp³-hybridized carbons (Fsp3) is 0.444. The topological polar surface area (TPSA) is 69.2 Å². The summed E-state index contributed by atoms with van der Waals surface area (Å²) in [6.07, 6.45) is 4.31. The summed E-state index contributed by atoms with van der Waals surface area (Å²) in [5.74, 6) is -0.285. The van der Waals surface area contributed by atoms with Crippen molar-refractivity contribution in [1.29, 1.82) is 0 Å². The zero-order valence-corrected chi connectivity index (χ0v) is 21.0. The normalized spacial score (nSPS) is 15.9. The van der Waals surface area contributed by atoms with Crippen LogP contribution in [0.15, 0.2) is 24.3 Å². The molecule has 1 aliphatic rings. The Morgan fingerprint density at radius 3 is 2.38 bits per heavy atom. The fourth-order valence-corrected chi connectivity index (χ4v) is 5.10. The Balaban J connectivity index is 1.94. The summed E-state index contributed by atoms with van der Waals surface area (Å²) < 4.78 is 13.8. The highest BCUT2D eigenvalue weighted by atomic mass is 127. The highest BCUT2D eigenvalue weighted by Gasteiger charge is 2.34. The van der Waals surface area contributed by atoms with Crippen molar-refractivity contribution in [3.63, 3.8) is 0 Å². The maximum Gasteiger partial charge on any atom is 0.336 e. The van der Waals surface area contributed by atoms with Gasteiger partial charge in [-0.15, -0.1) is 0 Å². The Kier molecular flexibility index (Phi) is 8.60. The van der Waals surface area contributed by atoms with E-state index in [1.54, 1.807) is 6.07 Å². The Hall–Kier alpha value is 0.0500. The van der Waals surface area contributed by atoms with Crippen LogP contribution in [0.25, 0.3) is 0 Å². The molecule has 0 aromatic heterocycles. The molecule has 1 fully saturated rings. The van der Waals surface area contributed by atoms with E-state index in [4.69, 9.17) is 9.47 Å². The first-order valence-electron chi connectivity index (χ1n) is 8.28. The van der Waals surface area contributed by atoms with Crippen molar-refractivity contribution in [2.45, 2.75) is 32.3 Å². The summed E-state index contributed by atoms with van der Waals surface area (Å²) in [4.78, 5) is 24.1. The van der Waals surface area contributed by atoms with E-state index in [2.05, 4.69) is 73.1 Å². The van der Waals surface area contributed by atoms with E-state index in [9.17, 15) is 9.59 Å². The zero-order valence-electron chi connectivity index (χ0n) is 14.6. The molecule has 1 aromatic carbocycles. The second-order valence-electron chi connectivity index (χ2n) is 6.62. The molecule has 0 unspecified atom stereocenters. The number of hydrogen-bond donors (Lipinski definition) is 1. The smallest absolute Gasteiger partial charge is 0.336 e. The number of rotatable bonds is 5. The number of halogens is 3. The van der Waals surface area contributed by atoms with Crippen molar-refractivity contribution in [3.05, 3.63) is 35.0 Å². The highest BCUT2D eigenvalue weighted by molar-refractivity contribution is 14.1. The number of carbonyl (C=O) groups excluding carboxylic acids is 2. The van der Waals surface area contributed by atoms with Gasteiger partial charge < -0.3 is 14.8 Å². The molecule has 0 atom stereocenters. The van der Waals surface area contributed by atoms with Gasteiger partial charge in [0.1, 0.15) is 11.4 Å². The van der Waals surface area contributed by atoms with Crippen LogP contribution in [0, 0.1) is 16.6 Å². The van der Waals surface area contributed by atoms with E-state index < -0.39 is 17.5 Å². The SMILES string of the molecule is CC(C)(OC(=O)/C=C\C(=O)Oc1cc(I)cc(I)c1I)C1CC[NH2+]CC1. The molecule has 142 valence electrons. The van der Waals surface area contributed by atoms with Gasteiger partial charge in [0.2, 0.25) is 0 Å². The second kappa shape index (κ2) is 10.0. The van der Waals surface area contributed by atoms with Crippen LogP contribution in [0.2, 0.25) is 0 Å². The molecule has 0 radical (unpaired) electrons. The molecule has 1 aliphatic heterocycles. The summed E-state index contributed by atoms with van der Waals surface area (Å²) in [7, 11) is 0. The number of carbonyl (C=O) groups is 2. The molecule has 1 saturated heterocycles. The predicted octanol–water partition coefficient (Wildman–Crippen LogP) is 3.26. The molecule has 1 heterocycles. The third-order valence-electron chi connectivity index (χ3n) is 4.31. The molecule has 2 N–H and O–H groups in total. The lowest BCUT2D eigenvalue weighted by molar-refractivity contribution is -0.665. The Morgan fingerprint density at radius 2 is 1.73 bits per heavy atom. The molecule has 2 rings (SSSR count). The van der Waals surface area contributed by atoms with Crippen molar-refractivity contribution < 1.29 is 24.4 Å². The Labute approximate surface area is 194 Å². The molecule has 0 aliphatic carbocycles. The van der Waals surface area contributed by atoms with Crippen LogP contribution in [0.5, 0.6) is 5.75 Å². The summed E-state index contributed by atoms with van der Waals surface area (Å²) in [6.45, 7) is 5.98. The van der Waals surface area contributed by atoms with Crippen molar-refractivity contribution in [2.24, 2.45) is 5.92 Å². The number of hydrogen-bond acceptors (Lipinski definition) is 4. The molecule has 0 saturated carbocycles. The van der Waals surface area contributed by atoms with Crippen LogP contribution >= 0.6 is 67.8 Å². The largest absolute Gasteiger partial charge is 0.456 e. The molecule has 5 nitrogen and oxygen atoms in total. The second-order valence-corrected chi connectivity index (χ2v) is 10.1. The van der Waals surface area contributed by atoms with Gasteiger partial charge in [-0.25, -0.2) is 9.59 Å². The van der Waals surface area contributed by atoms with Gasteiger partial charge in [-0.05, 0) is 93.8 Å². The quantitative estimate of drug-likeness (QED) is 0.169. The van der Waals surface area contributed by atoms with Crippen LogP contribution in [0.3, 0.4) is 0 Å². The molecule has 8 heteroatoms. The molecule has 0 bridgehead atoms. The first kappa shape index (κ1) is 22.3. The molecule has 1 aromatic rings. The summed E-state index contributed by atoms with van der Waals surface area (Å²) in [5, 5.41) is 2.28. The first-order chi connectivity index (χ1) is 12.2. The summed E-state index contributed by atoms with van der Waals surface area (Å²) >= 11 is 6.49. The molecule has 0 amide bonds. The monoisotopic (exact) mass is 696 g/mol. The molecular formula is C18H21I3NO4+. The summed E-state index contributed by atoms with van der Waals surface area (Å²) in [5.41, 5.74) is -0.541. The number of benzene rings is 1. The Bertz CT molecular complexity index is 713. The fourth-order valence-electron chi connectivity index (χ4n) is 2.88. The number of esters is 2. The summed E-state index contributed by atoms with van der Waals surface area (Å²) in [6, 6.07) is 3.79. The lowest BCUT2D eigenvalue weighted by Gasteiger charge is -2.35. The number of quaternary nitrogens is 1. The van der Waals surface area contributed by atoms with E-state index in [1.165, 1.54) is 0 Å². The average molecular weight is 696 g/mol. The number of nitrogens with two attached hydrogens (primary N) is 1. The van der Waals surface area contributed by atoms with E-state index >= 15 is 0 Å². The van der Waals surface area contributed by atoms with Gasteiger partial charge in [-0.3, -0.25) is 0 Å². The van der Waals surface area contributed by atoms with Gasteiger partial charge in [0.05, 0.1) is 16.7 Å². The molecular weight excluding hydrogens is 675 g/mol. The van der Waals surface area contributed by atoms with E-state index in [1.807, 2.05) is 19.9 Å². The van der Waals surface area contributed by atoms with Gasteiger partial charge in [-0.1, -0.05) is 0 Å². The van der Waals surface area contributed by atoms with Gasteiger partial charge in [0.25, 0.3) is 0 Å². The van der Waals surface area contributed by atoms with Gasteiger partial charge >= 0.3 is 11.9 Å². The van der Waals surface area contributed by atoms with Crippen LogP contribution < -0.4 is 10.1 Å². The number of piperidine rings is 1. The Morgan fingerprint density at radius 1 is 1.12 bits per heavy atom. The van der Waals surface area contributed by atoms with Gasteiger partial charge in [0.15, 0.2) is 0 Å². The lowest BCUT2D eigenvalue weighted by atomic mass is 9.83. The van der Waals surface area contributed by atoms with E-state index in [-0.39, 0.29) is 0 Å². The average Bonchev–Trinajstić information content (AvgIpc) is 2.58. The standard InChI is InChI=1S/C18H20I3NO4/c1-18(2,11-5-7-22-8-6-11)26-16(24)4-3-15(23)25-14-10-12(19)9-13(20)17(14)21/h3-4,9-11,22H,5-8H2,1-2H3/p+1/b4-3-. The maximum atomic E-state index is 12.1. The van der Waals surface area contributed by atoms with Gasteiger partial charge in [-0.2, -0.15) is 0 Å². The predicted molar refractivity (Wildman–Crippen MR) is 124 cm³/mol. The van der Waals surface area contributed by atoms with E-state index in [0.717, 1.165) is 48.8 Å². The minimum atomic E-state index is -0.595. The highest BCUT2D eigenvalue weighted by Crippen LogP contribution is 2.29.